The van der Waals surface area contributed by atoms with Gasteiger partial charge < -0.3 is 0 Å². The van der Waals surface area contributed by atoms with Gasteiger partial charge in [-0.3, -0.25) is 0 Å². The van der Waals surface area contributed by atoms with Crippen LogP contribution < -0.4 is 5.32 Å². The Labute approximate surface area is 52.3 Å². The molecule has 3 heteroatoms. The molecule has 0 spiro atoms. The molecule has 1 fully saturated rings. The number of thioether (sulfide) groups is 1. The molecule has 0 radical (unpaired) electrons. The van der Waals surface area contributed by atoms with E-state index < -0.39 is 0 Å². The first-order valence-corrected chi connectivity index (χ1v) is 4.25. The molecule has 1 nitrogen and oxygen atoms in total. The molecule has 0 unspecified atom stereocenters. The van der Waals surface area contributed by atoms with Crippen LogP contribution in [0.4, 0.5) is 0 Å². The van der Waals surface area contributed by atoms with E-state index in [4.69, 9.17) is 0 Å². The molecule has 34 valence electrons. The van der Waals surface area contributed by atoms with Crippen LogP contribution >= 0.6 is 11.8 Å². The molecule has 1 aliphatic heterocycles. The summed E-state index contributed by atoms with van der Waals surface area (Å²) >= 11 is 3.52. The van der Waals surface area contributed by atoms with E-state index in [1.165, 1.54) is 15.7 Å². The molecule has 1 saturated heterocycles. The average molecular weight is 271 g/mol. The molecule has 1 aliphatic rings. The Morgan fingerprint density at radius 2 is 2.67 bits per heavy atom. The Hall–Kier alpha value is 0.868. The molecule has 0 aromatic rings. The molecule has 1 heterocycles. The minimum absolute atomic E-state index is 1.18. The summed E-state index contributed by atoms with van der Waals surface area (Å²) in [6.07, 6.45) is 0. The molecule has 0 aromatic carbocycles. The van der Waals surface area contributed by atoms with Gasteiger partial charge in [0.15, 0.2) is 0 Å². The van der Waals surface area contributed by atoms with E-state index in [1.807, 2.05) is 11.8 Å². The maximum atomic E-state index is 3.24. The number of nitrogens with one attached hydrogen (secondary N) is 1. The van der Waals surface area contributed by atoms with Gasteiger partial charge in [-0.2, -0.15) is 0 Å². The first kappa shape index (κ1) is 5.01. The molecular formula is C3H5NSW. The zero-order valence-corrected chi connectivity index (χ0v) is 6.98. The third-order valence-electron chi connectivity index (χ3n) is 0.605. The van der Waals surface area contributed by atoms with E-state index in [0.29, 0.717) is 0 Å². The van der Waals surface area contributed by atoms with Crippen molar-refractivity contribution in [1.29, 1.82) is 0 Å². The van der Waals surface area contributed by atoms with Gasteiger partial charge in [0, 0.05) is 0 Å². The fourth-order valence-corrected chi connectivity index (χ4v) is 2.21. The molecule has 6 heavy (non-hydrogen) atoms. The molecule has 0 amide bonds. The Morgan fingerprint density at radius 1 is 1.83 bits per heavy atom. The normalized spacial score (nSPS) is 22.3. The average Bonchev–Trinajstić information content (AvgIpc) is 1.86. The SMILES string of the molecule is [W]=[C]1NCCS1. The standard InChI is InChI=1S/C3H5NS.W/c1-2-5-3-4-1;/h4H,1-2H2;. The van der Waals surface area contributed by atoms with Crippen molar-refractivity contribution in [2.24, 2.45) is 0 Å². The molecule has 0 aliphatic carbocycles. The predicted octanol–water partition coefficient (Wildman–Crippen LogP) is -0.0430. The van der Waals surface area contributed by atoms with Crippen LogP contribution in [0.15, 0.2) is 0 Å². The van der Waals surface area contributed by atoms with E-state index in [2.05, 4.69) is 5.32 Å². The number of hydrogen-bond acceptors (Lipinski definition) is 2. The van der Waals surface area contributed by atoms with E-state index in [1.54, 1.807) is 19.4 Å². The first-order valence-electron chi connectivity index (χ1n) is 1.80. The maximum absolute atomic E-state index is 3.24. The molecule has 0 bridgehead atoms. The third-order valence-corrected chi connectivity index (χ3v) is 3.21. The molecule has 0 atom stereocenters. The minimum atomic E-state index is 1.18. The van der Waals surface area contributed by atoms with Gasteiger partial charge in [-0.15, -0.1) is 0 Å². The van der Waals surface area contributed by atoms with Gasteiger partial charge in [0.2, 0.25) is 0 Å². The van der Waals surface area contributed by atoms with Crippen LogP contribution in [0.3, 0.4) is 0 Å². The van der Waals surface area contributed by atoms with Crippen LogP contribution in [0.25, 0.3) is 0 Å². The van der Waals surface area contributed by atoms with Gasteiger partial charge in [0.05, 0.1) is 0 Å². The Balaban J connectivity index is 2.37. The third kappa shape index (κ3) is 1.18. The summed E-state index contributed by atoms with van der Waals surface area (Å²) in [6.45, 7) is 1.18. The number of rotatable bonds is 0. The molecule has 0 saturated carbocycles. The summed E-state index contributed by atoms with van der Waals surface area (Å²) in [5, 5.41) is 3.24. The Morgan fingerprint density at radius 3 is 2.83 bits per heavy atom. The summed E-state index contributed by atoms with van der Waals surface area (Å²) < 4.78 is 1.45. The van der Waals surface area contributed by atoms with E-state index in [-0.39, 0.29) is 0 Å². The molecule has 0 aromatic heterocycles. The summed E-state index contributed by atoms with van der Waals surface area (Å²) in [4.78, 5) is 0. The van der Waals surface area contributed by atoms with Gasteiger partial charge in [-0.1, -0.05) is 0 Å². The van der Waals surface area contributed by atoms with Crippen LogP contribution in [0.1, 0.15) is 0 Å². The Kier molecular flexibility index (Phi) is 1.88. The van der Waals surface area contributed by atoms with Gasteiger partial charge in [0.25, 0.3) is 0 Å². The summed E-state index contributed by atoms with van der Waals surface area (Å²) in [5.41, 5.74) is 0. The quantitative estimate of drug-likeness (QED) is 0.663. The van der Waals surface area contributed by atoms with Crippen LogP contribution in [-0.4, -0.2) is 15.7 Å². The zero-order valence-electron chi connectivity index (χ0n) is 3.23. The summed E-state index contributed by atoms with van der Waals surface area (Å²) in [5.74, 6) is 1.28. The zero-order chi connectivity index (χ0) is 4.41. The Bertz CT molecular complexity index is 65.2. The van der Waals surface area contributed by atoms with Crippen molar-refractivity contribution < 1.29 is 19.4 Å². The second kappa shape index (κ2) is 2.25. The number of hydrogen-bond donors (Lipinski definition) is 1. The van der Waals surface area contributed by atoms with Crippen LogP contribution in [0, 0.1) is 0 Å². The second-order valence-electron chi connectivity index (χ2n) is 1.06. The van der Waals surface area contributed by atoms with E-state index >= 15 is 0 Å². The fraction of sp³-hybridized carbons (Fsp3) is 0.667. The second-order valence-corrected chi connectivity index (χ2v) is 4.66. The van der Waals surface area contributed by atoms with Crippen molar-refractivity contribution in [3.05, 3.63) is 0 Å². The van der Waals surface area contributed by atoms with Crippen molar-refractivity contribution in [2.45, 2.75) is 0 Å². The van der Waals surface area contributed by atoms with Crippen LogP contribution in [-0.2, 0) is 19.4 Å². The summed E-state index contributed by atoms with van der Waals surface area (Å²) in [6, 6.07) is 0. The molecule has 1 rings (SSSR count). The monoisotopic (exact) mass is 271 g/mol. The van der Waals surface area contributed by atoms with Crippen molar-refractivity contribution in [3.8, 4) is 0 Å². The van der Waals surface area contributed by atoms with E-state index in [9.17, 15) is 0 Å². The van der Waals surface area contributed by atoms with Crippen molar-refractivity contribution in [1.82, 2.24) is 5.32 Å². The molecule has 1 N–H and O–H groups in total. The van der Waals surface area contributed by atoms with Crippen molar-refractivity contribution in [3.63, 3.8) is 0 Å². The summed E-state index contributed by atoms with van der Waals surface area (Å²) in [7, 11) is 0. The first-order chi connectivity index (χ1) is 2.89. The van der Waals surface area contributed by atoms with Crippen LogP contribution in [0.5, 0.6) is 0 Å². The predicted molar refractivity (Wildman–Crippen MR) is 25.5 cm³/mol. The van der Waals surface area contributed by atoms with Crippen molar-refractivity contribution in [2.75, 3.05) is 12.3 Å². The molecular weight excluding hydrogens is 266 g/mol. The fourth-order valence-electron chi connectivity index (χ4n) is 0.348. The van der Waals surface area contributed by atoms with Gasteiger partial charge in [-0.05, 0) is 0 Å². The van der Waals surface area contributed by atoms with Gasteiger partial charge in [-0.25, -0.2) is 0 Å². The van der Waals surface area contributed by atoms with Gasteiger partial charge >= 0.3 is 52.1 Å². The topological polar surface area (TPSA) is 12.0 Å². The van der Waals surface area contributed by atoms with Crippen molar-refractivity contribution >= 4 is 15.1 Å². The van der Waals surface area contributed by atoms with Crippen LogP contribution in [0.2, 0.25) is 0 Å². The van der Waals surface area contributed by atoms with Gasteiger partial charge in [0.1, 0.15) is 0 Å². The van der Waals surface area contributed by atoms with E-state index in [0.717, 1.165) is 0 Å².